The molecule has 1 aromatic heterocycles. The Hall–Kier alpha value is -3.61. The summed E-state index contributed by atoms with van der Waals surface area (Å²) in [4.78, 5) is 19.8. The van der Waals surface area contributed by atoms with E-state index in [0.29, 0.717) is 18.4 Å². The average Bonchev–Trinajstić information content (AvgIpc) is 2.63. The SMILES string of the molecule is CCOc1ccc(Nc2nc(C)cc(Nc3ccc(C(=O)O)cc3)n2)cc1. The van der Waals surface area contributed by atoms with Crippen LogP contribution in [0.4, 0.5) is 23.1 Å². The Morgan fingerprint density at radius 3 is 2.26 bits per heavy atom. The number of nitrogens with zero attached hydrogens (tertiary/aromatic N) is 2. The summed E-state index contributed by atoms with van der Waals surface area (Å²) in [6, 6.07) is 15.8. The summed E-state index contributed by atoms with van der Waals surface area (Å²) in [5.74, 6) is 0.921. The molecule has 0 saturated carbocycles. The number of hydrogen-bond donors (Lipinski definition) is 3. The minimum absolute atomic E-state index is 0.234. The molecule has 3 N–H and O–H groups in total. The number of ether oxygens (including phenoxy) is 1. The van der Waals surface area contributed by atoms with Gasteiger partial charge in [0.05, 0.1) is 12.2 Å². The second-order valence-corrected chi connectivity index (χ2v) is 5.81. The van der Waals surface area contributed by atoms with Crippen LogP contribution in [0, 0.1) is 6.92 Å². The monoisotopic (exact) mass is 364 g/mol. The first kappa shape index (κ1) is 18.2. The highest BCUT2D eigenvalue weighted by molar-refractivity contribution is 5.88. The Kier molecular flexibility index (Phi) is 5.51. The van der Waals surface area contributed by atoms with Crippen LogP contribution in [0.1, 0.15) is 23.0 Å². The molecule has 0 fully saturated rings. The fourth-order valence-electron chi connectivity index (χ4n) is 2.46. The molecule has 3 aromatic rings. The number of benzene rings is 2. The van der Waals surface area contributed by atoms with Crippen LogP contribution in [0.15, 0.2) is 54.6 Å². The van der Waals surface area contributed by atoms with Gasteiger partial charge in [0.2, 0.25) is 5.95 Å². The highest BCUT2D eigenvalue weighted by atomic mass is 16.5. The number of nitrogens with one attached hydrogen (secondary N) is 2. The molecule has 7 heteroatoms. The van der Waals surface area contributed by atoms with Crippen LogP contribution in [0.2, 0.25) is 0 Å². The maximum Gasteiger partial charge on any atom is 0.335 e. The largest absolute Gasteiger partial charge is 0.494 e. The molecular formula is C20H20N4O3. The van der Waals surface area contributed by atoms with Crippen LogP contribution >= 0.6 is 0 Å². The van der Waals surface area contributed by atoms with E-state index < -0.39 is 5.97 Å². The number of carbonyl (C=O) groups is 1. The number of aryl methyl sites for hydroxylation is 1. The molecule has 2 aromatic carbocycles. The lowest BCUT2D eigenvalue weighted by Gasteiger charge is -2.11. The van der Waals surface area contributed by atoms with Gasteiger partial charge >= 0.3 is 5.97 Å². The molecule has 0 aliphatic rings. The van der Waals surface area contributed by atoms with Gasteiger partial charge in [0.1, 0.15) is 11.6 Å². The van der Waals surface area contributed by atoms with Crippen molar-refractivity contribution in [1.82, 2.24) is 9.97 Å². The van der Waals surface area contributed by atoms with Gasteiger partial charge in [0, 0.05) is 23.1 Å². The van der Waals surface area contributed by atoms with Gasteiger partial charge in [-0.25, -0.2) is 9.78 Å². The summed E-state index contributed by atoms with van der Waals surface area (Å²) >= 11 is 0. The number of aromatic carboxylic acids is 1. The number of carboxylic acids is 1. The Balaban J connectivity index is 1.74. The van der Waals surface area contributed by atoms with Gasteiger partial charge in [0.15, 0.2) is 0 Å². The molecule has 0 unspecified atom stereocenters. The zero-order chi connectivity index (χ0) is 19.2. The van der Waals surface area contributed by atoms with Crippen molar-refractivity contribution < 1.29 is 14.6 Å². The van der Waals surface area contributed by atoms with Crippen LogP contribution in [0.25, 0.3) is 0 Å². The Labute approximate surface area is 157 Å². The van der Waals surface area contributed by atoms with Crippen molar-refractivity contribution in [2.45, 2.75) is 13.8 Å². The van der Waals surface area contributed by atoms with E-state index in [-0.39, 0.29) is 5.56 Å². The molecule has 0 aliphatic carbocycles. The second kappa shape index (κ2) is 8.18. The lowest BCUT2D eigenvalue weighted by molar-refractivity contribution is 0.0697. The van der Waals surface area contributed by atoms with Crippen LogP contribution in [0.5, 0.6) is 5.75 Å². The van der Waals surface area contributed by atoms with Gasteiger partial charge < -0.3 is 20.5 Å². The fraction of sp³-hybridized carbons (Fsp3) is 0.150. The normalized spacial score (nSPS) is 10.3. The third-order valence-electron chi connectivity index (χ3n) is 3.68. The number of carboxylic acid groups (broad SMARTS) is 1. The predicted octanol–water partition coefficient (Wildman–Crippen LogP) is 4.37. The van der Waals surface area contributed by atoms with Gasteiger partial charge in [0.25, 0.3) is 0 Å². The van der Waals surface area contributed by atoms with Gasteiger partial charge in [-0.3, -0.25) is 0 Å². The molecular weight excluding hydrogens is 344 g/mol. The smallest absolute Gasteiger partial charge is 0.335 e. The Morgan fingerprint density at radius 2 is 1.63 bits per heavy atom. The Bertz CT molecular complexity index is 925. The van der Waals surface area contributed by atoms with Crippen molar-refractivity contribution in [2.24, 2.45) is 0 Å². The minimum atomic E-state index is -0.957. The molecule has 138 valence electrons. The number of rotatable bonds is 7. The van der Waals surface area contributed by atoms with E-state index in [1.54, 1.807) is 12.1 Å². The maximum absolute atomic E-state index is 10.9. The highest BCUT2D eigenvalue weighted by Crippen LogP contribution is 2.21. The predicted molar refractivity (Wildman–Crippen MR) is 104 cm³/mol. The summed E-state index contributed by atoms with van der Waals surface area (Å²) in [5.41, 5.74) is 2.62. The van der Waals surface area contributed by atoms with Crippen molar-refractivity contribution in [3.05, 3.63) is 65.9 Å². The standard InChI is InChI=1S/C20H20N4O3/c1-3-27-17-10-8-16(9-11-17)23-20-21-13(2)12-18(24-20)22-15-6-4-14(5-7-15)19(25)26/h4-12H,3H2,1-2H3,(H,25,26)(H2,21,22,23,24). The molecule has 7 nitrogen and oxygen atoms in total. The van der Waals surface area contributed by atoms with E-state index in [2.05, 4.69) is 20.6 Å². The molecule has 3 rings (SSSR count). The summed E-state index contributed by atoms with van der Waals surface area (Å²) < 4.78 is 5.43. The fourth-order valence-corrected chi connectivity index (χ4v) is 2.46. The molecule has 1 heterocycles. The minimum Gasteiger partial charge on any atom is -0.494 e. The average molecular weight is 364 g/mol. The molecule has 0 aliphatic heterocycles. The van der Waals surface area contributed by atoms with Gasteiger partial charge in [-0.1, -0.05) is 0 Å². The van der Waals surface area contributed by atoms with Crippen molar-refractivity contribution in [3.63, 3.8) is 0 Å². The molecule has 0 saturated heterocycles. The van der Waals surface area contributed by atoms with Gasteiger partial charge in [-0.2, -0.15) is 4.98 Å². The first-order chi connectivity index (χ1) is 13.0. The first-order valence-electron chi connectivity index (χ1n) is 8.49. The first-order valence-corrected chi connectivity index (χ1v) is 8.49. The van der Waals surface area contributed by atoms with E-state index >= 15 is 0 Å². The van der Waals surface area contributed by atoms with Crippen LogP contribution in [-0.2, 0) is 0 Å². The van der Waals surface area contributed by atoms with E-state index in [9.17, 15) is 4.79 Å². The maximum atomic E-state index is 10.9. The van der Waals surface area contributed by atoms with Crippen LogP contribution in [-0.4, -0.2) is 27.7 Å². The topological polar surface area (TPSA) is 96.4 Å². The summed E-state index contributed by atoms with van der Waals surface area (Å²) in [5, 5.41) is 15.3. The van der Waals surface area contributed by atoms with E-state index in [1.807, 2.05) is 44.2 Å². The lowest BCUT2D eigenvalue weighted by atomic mass is 10.2. The third kappa shape index (κ3) is 4.94. The van der Waals surface area contributed by atoms with Crippen LogP contribution < -0.4 is 15.4 Å². The molecule has 0 bridgehead atoms. The van der Waals surface area contributed by atoms with Crippen LogP contribution in [0.3, 0.4) is 0 Å². The second-order valence-electron chi connectivity index (χ2n) is 5.81. The van der Waals surface area contributed by atoms with E-state index in [1.165, 1.54) is 12.1 Å². The van der Waals surface area contributed by atoms with Gasteiger partial charge in [-0.15, -0.1) is 0 Å². The third-order valence-corrected chi connectivity index (χ3v) is 3.68. The molecule has 0 atom stereocenters. The summed E-state index contributed by atoms with van der Waals surface area (Å²) in [7, 11) is 0. The van der Waals surface area contributed by atoms with Crippen molar-refractivity contribution in [1.29, 1.82) is 0 Å². The zero-order valence-electron chi connectivity index (χ0n) is 15.1. The van der Waals surface area contributed by atoms with Gasteiger partial charge in [-0.05, 0) is 62.4 Å². The van der Waals surface area contributed by atoms with E-state index in [4.69, 9.17) is 9.84 Å². The molecule has 0 radical (unpaired) electrons. The number of hydrogen-bond acceptors (Lipinski definition) is 6. The quantitative estimate of drug-likeness (QED) is 0.573. The van der Waals surface area contributed by atoms with Crippen molar-refractivity contribution in [3.8, 4) is 5.75 Å². The van der Waals surface area contributed by atoms with E-state index in [0.717, 1.165) is 22.8 Å². The van der Waals surface area contributed by atoms with Crippen molar-refractivity contribution in [2.75, 3.05) is 17.2 Å². The summed E-state index contributed by atoms with van der Waals surface area (Å²) in [6.07, 6.45) is 0. The number of anilines is 4. The molecule has 27 heavy (non-hydrogen) atoms. The molecule has 0 spiro atoms. The Morgan fingerprint density at radius 1 is 1.00 bits per heavy atom. The van der Waals surface area contributed by atoms with Crippen molar-refractivity contribution >= 4 is 29.1 Å². The zero-order valence-corrected chi connectivity index (χ0v) is 15.1. The lowest BCUT2D eigenvalue weighted by Crippen LogP contribution is -2.03. The molecule has 0 amide bonds. The number of aromatic nitrogens is 2. The highest BCUT2D eigenvalue weighted by Gasteiger charge is 2.06. The summed E-state index contributed by atoms with van der Waals surface area (Å²) in [6.45, 7) is 4.44.